The van der Waals surface area contributed by atoms with Crippen LogP contribution in [-0.2, 0) is 15.6 Å². The van der Waals surface area contributed by atoms with Crippen molar-refractivity contribution in [3.05, 3.63) is 43.5 Å². The normalized spacial score (nSPS) is 11.7. The molecule has 2 aromatic rings. The van der Waals surface area contributed by atoms with Crippen molar-refractivity contribution in [1.29, 1.82) is 0 Å². The molecule has 2 rings (SSSR count). The molecule has 7 heteroatoms. The minimum Gasteiger partial charge on any atom is -0.398 e. The van der Waals surface area contributed by atoms with Crippen molar-refractivity contribution >= 4 is 58.7 Å². The molecule has 1 aromatic heterocycles. The highest BCUT2D eigenvalue weighted by molar-refractivity contribution is 9.10. The van der Waals surface area contributed by atoms with E-state index < -0.39 is 9.84 Å². The number of benzene rings is 1. The minimum atomic E-state index is -3.40. The molecule has 1 heterocycles. The van der Waals surface area contributed by atoms with Crippen LogP contribution in [0.3, 0.4) is 0 Å². The second-order valence-corrected chi connectivity index (χ2v) is 8.46. The predicted octanol–water partition coefficient (Wildman–Crippen LogP) is 3.83. The first-order chi connectivity index (χ1) is 8.38. The average Bonchev–Trinajstić information content (AvgIpc) is 2.62. The van der Waals surface area contributed by atoms with Crippen LogP contribution in [0.15, 0.2) is 43.5 Å². The minimum absolute atomic E-state index is 0.0326. The fraction of sp³-hybridized carbons (Fsp3) is 0.0909. The Labute approximate surface area is 126 Å². The Balaban J connectivity index is 2.36. The summed E-state index contributed by atoms with van der Waals surface area (Å²) >= 11 is 7.96. The number of hydrogen-bond acceptors (Lipinski definition) is 4. The highest BCUT2D eigenvalue weighted by Gasteiger charge is 2.19. The van der Waals surface area contributed by atoms with Crippen molar-refractivity contribution in [2.45, 2.75) is 10.6 Å². The lowest BCUT2D eigenvalue weighted by Gasteiger charge is -2.06. The smallest absolute Gasteiger partial charge is 0.185 e. The molecule has 0 saturated carbocycles. The molecule has 0 unspecified atom stereocenters. The van der Waals surface area contributed by atoms with Gasteiger partial charge in [0.05, 0.1) is 16.3 Å². The summed E-state index contributed by atoms with van der Waals surface area (Å²) in [6.45, 7) is 0. The van der Waals surface area contributed by atoms with Gasteiger partial charge in [-0.15, -0.1) is 11.3 Å². The van der Waals surface area contributed by atoms with E-state index in [1.54, 1.807) is 18.2 Å². The van der Waals surface area contributed by atoms with Crippen molar-refractivity contribution in [3.8, 4) is 0 Å². The summed E-state index contributed by atoms with van der Waals surface area (Å²) < 4.78 is 26.1. The van der Waals surface area contributed by atoms with Crippen molar-refractivity contribution in [2.75, 3.05) is 5.73 Å². The Kier molecular flexibility index (Phi) is 4.15. The summed E-state index contributed by atoms with van der Waals surface area (Å²) in [5.41, 5.74) is 6.02. The molecule has 0 bridgehead atoms. The second-order valence-electron chi connectivity index (χ2n) is 3.67. The SMILES string of the molecule is Nc1cc(Br)ccc1S(=O)(=O)Cc1cc(Br)cs1. The topological polar surface area (TPSA) is 60.2 Å². The molecule has 0 aliphatic carbocycles. The molecule has 0 aliphatic rings. The first-order valence-electron chi connectivity index (χ1n) is 4.89. The molecule has 0 aliphatic heterocycles. The zero-order valence-corrected chi connectivity index (χ0v) is 13.9. The number of sulfone groups is 1. The number of rotatable bonds is 3. The molecule has 0 amide bonds. The van der Waals surface area contributed by atoms with Gasteiger partial charge in [0.15, 0.2) is 9.84 Å². The third kappa shape index (κ3) is 3.14. The third-order valence-electron chi connectivity index (χ3n) is 2.26. The molecule has 2 N–H and O–H groups in total. The van der Waals surface area contributed by atoms with Gasteiger partial charge in [-0.3, -0.25) is 0 Å². The van der Waals surface area contributed by atoms with Gasteiger partial charge < -0.3 is 5.73 Å². The predicted molar refractivity (Wildman–Crippen MR) is 81.5 cm³/mol. The summed E-state index contributed by atoms with van der Waals surface area (Å²) in [7, 11) is -3.40. The first kappa shape index (κ1) is 14.0. The molecule has 96 valence electrons. The van der Waals surface area contributed by atoms with Gasteiger partial charge in [-0.05, 0) is 40.2 Å². The highest BCUT2D eigenvalue weighted by atomic mass is 79.9. The van der Waals surface area contributed by atoms with Crippen molar-refractivity contribution in [2.24, 2.45) is 0 Å². The molecule has 0 radical (unpaired) electrons. The lowest BCUT2D eigenvalue weighted by atomic mass is 10.3. The van der Waals surface area contributed by atoms with E-state index in [4.69, 9.17) is 5.73 Å². The second kappa shape index (κ2) is 5.32. The Hall–Kier alpha value is -0.370. The number of anilines is 1. The highest BCUT2D eigenvalue weighted by Crippen LogP contribution is 2.28. The molecule has 3 nitrogen and oxygen atoms in total. The van der Waals surface area contributed by atoms with E-state index in [2.05, 4.69) is 31.9 Å². The van der Waals surface area contributed by atoms with Gasteiger partial charge in [0, 0.05) is 19.2 Å². The standard InChI is InChI=1S/C11H9Br2NO2S2/c12-7-1-2-11(10(14)4-7)18(15,16)6-9-3-8(13)5-17-9/h1-5H,6,14H2. The number of nitrogens with two attached hydrogens (primary N) is 1. The molecule has 0 spiro atoms. The van der Waals surface area contributed by atoms with Gasteiger partial charge in [0.25, 0.3) is 0 Å². The van der Waals surface area contributed by atoms with E-state index in [0.717, 1.165) is 13.8 Å². The summed E-state index contributed by atoms with van der Waals surface area (Å²) in [5.74, 6) is -0.0326. The zero-order valence-electron chi connectivity index (χ0n) is 9.06. The largest absolute Gasteiger partial charge is 0.398 e. The maximum atomic E-state index is 12.2. The van der Waals surface area contributed by atoms with E-state index in [1.807, 2.05) is 5.38 Å². The molecule has 0 fully saturated rings. The Morgan fingerprint density at radius 2 is 1.89 bits per heavy atom. The molecular weight excluding hydrogens is 402 g/mol. The molecule has 0 saturated heterocycles. The Morgan fingerprint density at radius 3 is 2.44 bits per heavy atom. The fourth-order valence-electron chi connectivity index (χ4n) is 1.50. The summed E-state index contributed by atoms with van der Waals surface area (Å²) in [5, 5.41) is 1.86. The third-order valence-corrected chi connectivity index (χ3v) is 6.37. The summed E-state index contributed by atoms with van der Waals surface area (Å²) in [6.07, 6.45) is 0. The molecule has 18 heavy (non-hydrogen) atoms. The van der Waals surface area contributed by atoms with Crippen LogP contribution in [-0.4, -0.2) is 8.42 Å². The van der Waals surface area contributed by atoms with Crippen molar-refractivity contribution in [1.82, 2.24) is 0 Å². The Morgan fingerprint density at radius 1 is 1.17 bits per heavy atom. The lowest BCUT2D eigenvalue weighted by molar-refractivity contribution is 0.596. The number of hydrogen-bond donors (Lipinski definition) is 1. The van der Waals surface area contributed by atoms with E-state index in [-0.39, 0.29) is 16.3 Å². The van der Waals surface area contributed by atoms with E-state index in [1.165, 1.54) is 17.4 Å². The van der Waals surface area contributed by atoms with Gasteiger partial charge in [-0.2, -0.15) is 0 Å². The van der Waals surface area contributed by atoms with Gasteiger partial charge in [0.1, 0.15) is 0 Å². The monoisotopic (exact) mass is 409 g/mol. The van der Waals surface area contributed by atoms with Gasteiger partial charge in [-0.25, -0.2) is 8.42 Å². The van der Waals surface area contributed by atoms with Crippen LogP contribution in [0.25, 0.3) is 0 Å². The van der Waals surface area contributed by atoms with Crippen molar-refractivity contribution < 1.29 is 8.42 Å². The number of nitrogen functional groups attached to an aromatic ring is 1. The quantitative estimate of drug-likeness (QED) is 0.782. The van der Waals surface area contributed by atoms with Crippen LogP contribution in [0.2, 0.25) is 0 Å². The maximum Gasteiger partial charge on any atom is 0.185 e. The van der Waals surface area contributed by atoms with Gasteiger partial charge in [0.2, 0.25) is 0 Å². The van der Waals surface area contributed by atoms with Crippen LogP contribution in [0, 0.1) is 0 Å². The van der Waals surface area contributed by atoms with E-state index in [0.29, 0.717) is 0 Å². The van der Waals surface area contributed by atoms with Crippen LogP contribution in [0.5, 0.6) is 0 Å². The van der Waals surface area contributed by atoms with Crippen molar-refractivity contribution in [3.63, 3.8) is 0 Å². The van der Waals surface area contributed by atoms with Gasteiger partial charge in [-0.1, -0.05) is 15.9 Å². The van der Waals surface area contributed by atoms with E-state index >= 15 is 0 Å². The van der Waals surface area contributed by atoms with Crippen LogP contribution < -0.4 is 5.73 Å². The zero-order chi connectivity index (χ0) is 13.3. The maximum absolute atomic E-state index is 12.2. The molecule has 0 atom stereocenters. The number of thiophene rings is 1. The number of halogens is 2. The first-order valence-corrected chi connectivity index (χ1v) is 9.01. The van der Waals surface area contributed by atoms with Gasteiger partial charge >= 0.3 is 0 Å². The molecule has 1 aromatic carbocycles. The van der Waals surface area contributed by atoms with Crippen LogP contribution in [0.1, 0.15) is 4.88 Å². The summed E-state index contributed by atoms with van der Waals surface area (Å²) in [4.78, 5) is 0.958. The Bertz CT molecular complexity index is 680. The van der Waals surface area contributed by atoms with Crippen LogP contribution >= 0.6 is 43.2 Å². The van der Waals surface area contributed by atoms with E-state index in [9.17, 15) is 8.42 Å². The lowest BCUT2D eigenvalue weighted by Crippen LogP contribution is -2.07. The average molecular weight is 411 g/mol. The fourth-order valence-corrected chi connectivity index (χ4v) is 5.16. The summed E-state index contributed by atoms with van der Waals surface area (Å²) in [6, 6.07) is 6.60. The molecular formula is C11H9Br2NO2S2. The van der Waals surface area contributed by atoms with Crippen LogP contribution in [0.4, 0.5) is 5.69 Å².